The van der Waals surface area contributed by atoms with E-state index in [1.54, 1.807) is 6.20 Å². The number of aromatic nitrogens is 3. The van der Waals surface area contributed by atoms with Gasteiger partial charge in [-0.15, -0.1) is 0 Å². The Morgan fingerprint density at radius 3 is 2.88 bits per heavy atom. The number of hydrogen-bond acceptors (Lipinski definition) is 4. The molecule has 0 radical (unpaired) electrons. The Balaban J connectivity index is 1.60. The first-order chi connectivity index (χ1) is 12.3. The number of anilines is 1. The van der Waals surface area contributed by atoms with Crippen LogP contribution in [0.3, 0.4) is 0 Å². The molecule has 1 saturated heterocycles. The van der Waals surface area contributed by atoms with Gasteiger partial charge in [-0.05, 0) is 31.0 Å². The molecule has 1 fully saturated rings. The first kappa shape index (κ1) is 15.6. The fourth-order valence-corrected chi connectivity index (χ4v) is 3.49. The van der Waals surface area contributed by atoms with Gasteiger partial charge in [0.05, 0.1) is 18.1 Å². The number of carbonyl (C=O) groups is 1. The van der Waals surface area contributed by atoms with Crippen molar-refractivity contribution in [1.82, 2.24) is 19.5 Å². The number of hydrogen-bond donors (Lipinski definition) is 1. The molecule has 6 heteroatoms. The third-order valence-electron chi connectivity index (χ3n) is 4.79. The summed E-state index contributed by atoms with van der Waals surface area (Å²) < 4.78 is 1.85. The molecule has 1 aliphatic rings. The third kappa shape index (κ3) is 2.95. The second kappa shape index (κ2) is 6.55. The largest absolute Gasteiger partial charge is 0.371 e. The maximum atomic E-state index is 12.7. The second-order valence-corrected chi connectivity index (χ2v) is 6.38. The van der Waals surface area contributed by atoms with Crippen LogP contribution in [0.2, 0.25) is 0 Å². The monoisotopic (exact) mass is 335 g/mol. The molecule has 1 aromatic carbocycles. The zero-order valence-corrected chi connectivity index (χ0v) is 14.2. The van der Waals surface area contributed by atoms with E-state index in [2.05, 4.69) is 10.4 Å². The molecule has 1 amide bonds. The summed E-state index contributed by atoms with van der Waals surface area (Å²) in [6.45, 7) is 1.49. The summed E-state index contributed by atoms with van der Waals surface area (Å²) in [4.78, 5) is 19.5. The average Bonchev–Trinajstić information content (AvgIpc) is 3.16. The lowest BCUT2D eigenvalue weighted by atomic mass is 9.94. The van der Waals surface area contributed by atoms with E-state index in [-0.39, 0.29) is 11.8 Å². The first-order valence-electron chi connectivity index (χ1n) is 8.62. The molecule has 3 aromatic rings. The Bertz CT molecular complexity index is 889. The zero-order valence-electron chi connectivity index (χ0n) is 14.2. The molecule has 25 heavy (non-hydrogen) atoms. The molecule has 6 nitrogen and oxygen atoms in total. The summed E-state index contributed by atoms with van der Waals surface area (Å²) in [5.41, 5.74) is 2.68. The maximum Gasteiger partial charge on any atom is 0.253 e. The van der Waals surface area contributed by atoms with E-state index >= 15 is 0 Å². The van der Waals surface area contributed by atoms with E-state index in [4.69, 9.17) is 4.98 Å². The van der Waals surface area contributed by atoms with E-state index in [9.17, 15) is 4.79 Å². The highest BCUT2D eigenvalue weighted by Crippen LogP contribution is 2.28. The minimum absolute atomic E-state index is 0.0966. The van der Waals surface area contributed by atoms with Crippen LogP contribution in [0.4, 0.5) is 5.82 Å². The minimum atomic E-state index is 0.0966. The van der Waals surface area contributed by atoms with E-state index < -0.39 is 0 Å². The molecule has 2 aromatic heterocycles. The summed E-state index contributed by atoms with van der Waals surface area (Å²) in [6, 6.07) is 11.4. The molecule has 4 rings (SSSR count). The van der Waals surface area contributed by atoms with Gasteiger partial charge in [-0.25, -0.2) is 9.50 Å². The molecule has 128 valence electrons. The van der Waals surface area contributed by atoms with Crippen LogP contribution in [0.15, 0.2) is 48.8 Å². The highest BCUT2D eigenvalue weighted by molar-refractivity contribution is 5.94. The summed E-state index contributed by atoms with van der Waals surface area (Å²) in [7, 11) is 1.87. The zero-order chi connectivity index (χ0) is 17.2. The Kier molecular flexibility index (Phi) is 4.09. The van der Waals surface area contributed by atoms with Gasteiger partial charge in [0.25, 0.3) is 5.91 Å². The van der Waals surface area contributed by atoms with Crippen LogP contribution in [0.5, 0.6) is 0 Å². The second-order valence-electron chi connectivity index (χ2n) is 6.38. The van der Waals surface area contributed by atoms with Gasteiger partial charge < -0.3 is 10.2 Å². The van der Waals surface area contributed by atoms with Gasteiger partial charge in [0.1, 0.15) is 5.52 Å². The van der Waals surface area contributed by atoms with E-state index in [1.165, 1.54) is 0 Å². The molecular weight excluding hydrogens is 314 g/mol. The summed E-state index contributed by atoms with van der Waals surface area (Å²) in [5, 5.41) is 7.48. The molecule has 1 N–H and O–H groups in total. The molecule has 0 bridgehead atoms. The predicted octanol–water partition coefficient (Wildman–Crippen LogP) is 2.79. The van der Waals surface area contributed by atoms with Crippen molar-refractivity contribution in [2.45, 2.75) is 18.8 Å². The van der Waals surface area contributed by atoms with E-state index in [0.717, 1.165) is 42.0 Å². The number of likely N-dealkylation sites (tertiary alicyclic amines) is 1. The summed E-state index contributed by atoms with van der Waals surface area (Å²) in [5.74, 6) is 1.14. The Labute approximate surface area is 146 Å². The van der Waals surface area contributed by atoms with Crippen LogP contribution in [0.25, 0.3) is 5.52 Å². The standard InChI is InChI=1S/C19H21N5O/c1-20-18-17-9-10-21-24(17)13-16(22-18)15-8-5-11-23(12-15)19(25)14-6-3-2-4-7-14/h2-4,6-7,9-10,13,15H,5,8,11-12H2,1H3,(H,20,22)/t15-/m0/s1. The van der Waals surface area contributed by atoms with Crippen LogP contribution in [0, 0.1) is 0 Å². The smallest absolute Gasteiger partial charge is 0.253 e. The van der Waals surface area contributed by atoms with Gasteiger partial charge in [0.2, 0.25) is 0 Å². The number of carbonyl (C=O) groups excluding carboxylic acids is 1. The number of rotatable bonds is 3. The van der Waals surface area contributed by atoms with Crippen LogP contribution in [-0.2, 0) is 0 Å². The summed E-state index contributed by atoms with van der Waals surface area (Å²) in [6.07, 6.45) is 5.77. The van der Waals surface area contributed by atoms with Crippen molar-refractivity contribution in [3.05, 3.63) is 60.0 Å². The van der Waals surface area contributed by atoms with Crippen LogP contribution < -0.4 is 5.32 Å². The lowest BCUT2D eigenvalue weighted by molar-refractivity contribution is 0.0706. The van der Waals surface area contributed by atoms with E-state index in [1.807, 2.05) is 59.1 Å². The molecule has 0 saturated carbocycles. The van der Waals surface area contributed by atoms with Gasteiger partial charge in [-0.3, -0.25) is 4.79 Å². The molecular formula is C19H21N5O. The fourth-order valence-electron chi connectivity index (χ4n) is 3.49. The number of nitrogens with zero attached hydrogens (tertiary/aromatic N) is 4. The molecule has 0 spiro atoms. The third-order valence-corrected chi connectivity index (χ3v) is 4.79. The van der Waals surface area contributed by atoms with Crippen molar-refractivity contribution in [1.29, 1.82) is 0 Å². The normalized spacial score (nSPS) is 17.6. The SMILES string of the molecule is CNc1nc([C@H]2CCCN(C(=O)c3ccccc3)C2)cn2nccc12. The highest BCUT2D eigenvalue weighted by Gasteiger charge is 2.27. The number of piperidine rings is 1. The number of amides is 1. The van der Waals surface area contributed by atoms with Gasteiger partial charge >= 0.3 is 0 Å². The molecule has 3 heterocycles. The Hall–Kier alpha value is -2.89. The van der Waals surface area contributed by atoms with Crippen molar-refractivity contribution in [3.8, 4) is 0 Å². The van der Waals surface area contributed by atoms with Crippen molar-refractivity contribution < 1.29 is 4.79 Å². The number of nitrogens with one attached hydrogen (secondary N) is 1. The fraction of sp³-hybridized carbons (Fsp3) is 0.316. The van der Waals surface area contributed by atoms with Crippen molar-refractivity contribution >= 4 is 17.2 Å². The van der Waals surface area contributed by atoms with Gasteiger partial charge in [-0.1, -0.05) is 18.2 Å². The maximum absolute atomic E-state index is 12.7. The first-order valence-corrected chi connectivity index (χ1v) is 8.62. The highest BCUT2D eigenvalue weighted by atomic mass is 16.2. The van der Waals surface area contributed by atoms with Gasteiger partial charge in [-0.2, -0.15) is 5.10 Å². The molecule has 1 atom stereocenters. The van der Waals surface area contributed by atoms with Crippen LogP contribution >= 0.6 is 0 Å². The van der Waals surface area contributed by atoms with Crippen LogP contribution in [-0.4, -0.2) is 45.5 Å². The van der Waals surface area contributed by atoms with Crippen molar-refractivity contribution in [3.63, 3.8) is 0 Å². The quantitative estimate of drug-likeness (QED) is 0.799. The van der Waals surface area contributed by atoms with E-state index in [0.29, 0.717) is 6.54 Å². The lowest BCUT2D eigenvalue weighted by Crippen LogP contribution is -2.39. The number of fused-ring (bicyclic) bond motifs is 1. The van der Waals surface area contributed by atoms with Gasteiger partial charge in [0, 0.05) is 31.6 Å². The minimum Gasteiger partial charge on any atom is -0.371 e. The Morgan fingerprint density at radius 1 is 1.24 bits per heavy atom. The lowest BCUT2D eigenvalue weighted by Gasteiger charge is -2.32. The van der Waals surface area contributed by atoms with Gasteiger partial charge in [0.15, 0.2) is 5.82 Å². The van der Waals surface area contributed by atoms with Crippen LogP contribution in [0.1, 0.15) is 34.8 Å². The molecule has 1 aliphatic heterocycles. The predicted molar refractivity (Wildman–Crippen MR) is 96.9 cm³/mol. The number of benzene rings is 1. The van der Waals surface area contributed by atoms with Crippen molar-refractivity contribution in [2.24, 2.45) is 0 Å². The molecule has 0 aliphatic carbocycles. The topological polar surface area (TPSA) is 62.5 Å². The van der Waals surface area contributed by atoms with Crippen molar-refractivity contribution in [2.75, 3.05) is 25.5 Å². The average molecular weight is 335 g/mol. The summed E-state index contributed by atoms with van der Waals surface area (Å²) >= 11 is 0. The molecule has 0 unspecified atom stereocenters. The Morgan fingerprint density at radius 2 is 2.08 bits per heavy atom.